The molecule has 0 saturated heterocycles. The van der Waals surface area contributed by atoms with E-state index in [0.29, 0.717) is 0 Å². The minimum absolute atomic E-state index is 0.0865. The molecule has 0 amide bonds. The fourth-order valence-electron chi connectivity index (χ4n) is 2.76. The van der Waals surface area contributed by atoms with Crippen molar-refractivity contribution in [3.63, 3.8) is 0 Å². The Morgan fingerprint density at radius 1 is 1.35 bits per heavy atom. The molecule has 106 valence electrons. The predicted molar refractivity (Wildman–Crippen MR) is 87.7 cm³/mol. The van der Waals surface area contributed by atoms with Crippen LogP contribution < -0.4 is 5.32 Å². The second-order valence-corrected chi connectivity index (χ2v) is 7.22. The Kier molecular flexibility index (Phi) is 4.15. The number of aryl methyl sites for hydroxylation is 1. The summed E-state index contributed by atoms with van der Waals surface area (Å²) in [6.45, 7) is 5.33. The van der Waals surface area contributed by atoms with Gasteiger partial charge < -0.3 is 5.32 Å². The molecule has 1 N–H and O–H groups in total. The summed E-state index contributed by atoms with van der Waals surface area (Å²) in [7, 11) is 0. The van der Waals surface area contributed by atoms with Crippen LogP contribution in [-0.4, -0.2) is 17.3 Å². The lowest BCUT2D eigenvalue weighted by atomic mass is 9.87. The Bertz CT molecular complexity index is 594. The van der Waals surface area contributed by atoms with Crippen molar-refractivity contribution in [2.45, 2.75) is 37.1 Å². The van der Waals surface area contributed by atoms with Crippen LogP contribution in [0.15, 0.2) is 34.5 Å². The topological polar surface area (TPSA) is 24.9 Å². The van der Waals surface area contributed by atoms with Gasteiger partial charge in [-0.25, -0.2) is 4.98 Å². The average molecular weight is 304 g/mol. The number of hydrogen-bond donors (Lipinski definition) is 1. The second kappa shape index (κ2) is 5.88. The van der Waals surface area contributed by atoms with Gasteiger partial charge in [-0.05, 0) is 37.9 Å². The lowest BCUT2D eigenvalue weighted by Crippen LogP contribution is -2.46. The molecule has 1 atom stereocenters. The normalized spacial score (nSPS) is 21.7. The summed E-state index contributed by atoms with van der Waals surface area (Å²) in [5, 5.41) is 7.19. The third kappa shape index (κ3) is 2.41. The SMILES string of the molecule is CCCNC1(c2nc(C)cs2)CCSc2ccccc21. The molecular formula is C16H20N2S2. The molecular weight excluding hydrogens is 284 g/mol. The summed E-state index contributed by atoms with van der Waals surface area (Å²) in [5.41, 5.74) is 2.44. The standard InChI is InChI=1S/C16H20N2S2/c1-3-9-17-16(15-18-12(2)11-20-15)8-10-19-14-7-5-4-6-13(14)16/h4-7,11,17H,3,8-10H2,1-2H3. The first-order valence-corrected chi connectivity index (χ1v) is 9.03. The largest absolute Gasteiger partial charge is 0.302 e. The molecule has 0 aliphatic carbocycles. The van der Waals surface area contributed by atoms with Gasteiger partial charge in [-0.1, -0.05) is 25.1 Å². The number of hydrogen-bond acceptors (Lipinski definition) is 4. The first kappa shape index (κ1) is 14.1. The fraction of sp³-hybridized carbons (Fsp3) is 0.438. The Labute approximate surface area is 129 Å². The molecule has 0 bridgehead atoms. The zero-order valence-corrected chi connectivity index (χ0v) is 13.6. The van der Waals surface area contributed by atoms with Crippen LogP contribution in [0.4, 0.5) is 0 Å². The number of fused-ring (bicyclic) bond motifs is 1. The van der Waals surface area contributed by atoms with E-state index in [1.807, 2.05) is 11.8 Å². The van der Waals surface area contributed by atoms with E-state index in [2.05, 4.69) is 48.8 Å². The van der Waals surface area contributed by atoms with Gasteiger partial charge >= 0.3 is 0 Å². The van der Waals surface area contributed by atoms with Gasteiger partial charge in [0.15, 0.2) is 0 Å². The molecule has 2 aromatic rings. The van der Waals surface area contributed by atoms with Crippen molar-refractivity contribution in [3.05, 3.63) is 45.9 Å². The van der Waals surface area contributed by atoms with Crippen molar-refractivity contribution in [1.82, 2.24) is 10.3 Å². The minimum atomic E-state index is -0.0865. The predicted octanol–water partition coefficient (Wildman–Crippen LogP) is 4.19. The number of aromatic nitrogens is 1. The molecule has 0 radical (unpaired) electrons. The van der Waals surface area contributed by atoms with Gasteiger partial charge in [-0.15, -0.1) is 23.1 Å². The summed E-state index contributed by atoms with van der Waals surface area (Å²) in [4.78, 5) is 6.20. The van der Waals surface area contributed by atoms with Crippen LogP contribution in [0.25, 0.3) is 0 Å². The summed E-state index contributed by atoms with van der Waals surface area (Å²) < 4.78 is 0. The van der Waals surface area contributed by atoms with Crippen LogP contribution in [0.3, 0.4) is 0 Å². The zero-order valence-electron chi connectivity index (χ0n) is 12.0. The highest BCUT2D eigenvalue weighted by atomic mass is 32.2. The number of thiazole rings is 1. The van der Waals surface area contributed by atoms with Gasteiger partial charge in [0.05, 0.1) is 5.54 Å². The third-order valence-electron chi connectivity index (χ3n) is 3.74. The molecule has 1 unspecified atom stereocenters. The molecule has 2 heterocycles. The van der Waals surface area contributed by atoms with E-state index >= 15 is 0 Å². The van der Waals surface area contributed by atoms with Crippen molar-refractivity contribution in [2.75, 3.05) is 12.3 Å². The van der Waals surface area contributed by atoms with E-state index in [0.717, 1.165) is 30.8 Å². The molecule has 1 aromatic carbocycles. The molecule has 3 rings (SSSR count). The van der Waals surface area contributed by atoms with E-state index in [1.54, 1.807) is 11.3 Å². The van der Waals surface area contributed by atoms with Gasteiger partial charge in [0, 0.05) is 21.7 Å². The number of rotatable bonds is 4. The van der Waals surface area contributed by atoms with Crippen molar-refractivity contribution < 1.29 is 0 Å². The summed E-state index contributed by atoms with van der Waals surface area (Å²) in [5.74, 6) is 1.15. The Morgan fingerprint density at radius 3 is 2.95 bits per heavy atom. The molecule has 1 aromatic heterocycles. The first-order valence-electron chi connectivity index (χ1n) is 7.16. The lowest BCUT2D eigenvalue weighted by molar-refractivity contribution is 0.378. The van der Waals surface area contributed by atoms with Gasteiger partial charge in [0.2, 0.25) is 0 Å². The van der Waals surface area contributed by atoms with Crippen molar-refractivity contribution >= 4 is 23.1 Å². The second-order valence-electron chi connectivity index (χ2n) is 5.22. The minimum Gasteiger partial charge on any atom is -0.302 e. The maximum atomic E-state index is 4.81. The first-order chi connectivity index (χ1) is 9.76. The fourth-order valence-corrected chi connectivity index (χ4v) is 4.98. The Balaban J connectivity index is 2.12. The van der Waals surface area contributed by atoms with Crippen LogP contribution in [0.5, 0.6) is 0 Å². The van der Waals surface area contributed by atoms with E-state index in [4.69, 9.17) is 4.98 Å². The van der Waals surface area contributed by atoms with Gasteiger partial charge in [0.1, 0.15) is 5.01 Å². The van der Waals surface area contributed by atoms with Crippen molar-refractivity contribution in [2.24, 2.45) is 0 Å². The van der Waals surface area contributed by atoms with Crippen LogP contribution in [0.1, 0.15) is 36.0 Å². The smallest absolute Gasteiger partial charge is 0.118 e. The average Bonchev–Trinajstić information content (AvgIpc) is 2.92. The van der Waals surface area contributed by atoms with Gasteiger partial charge in [-0.2, -0.15) is 0 Å². The van der Waals surface area contributed by atoms with E-state index < -0.39 is 0 Å². The number of benzene rings is 1. The molecule has 0 saturated carbocycles. The van der Waals surface area contributed by atoms with Crippen molar-refractivity contribution in [3.8, 4) is 0 Å². The van der Waals surface area contributed by atoms with Crippen LogP contribution in [0.2, 0.25) is 0 Å². The molecule has 0 fully saturated rings. The maximum absolute atomic E-state index is 4.81. The van der Waals surface area contributed by atoms with Crippen LogP contribution in [-0.2, 0) is 5.54 Å². The van der Waals surface area contributed by atoms with Gasteiger partial charge in [-0.3, -0.25) is 0 Å². The monoisotopic (exact) mass is 304 g/mol. The Hall–Kier alpha value is -0.840. The molecule has 20 heavy (non-hydrogen) atoms. The van der Waals surface area contributed by atoms with E-state index in [1.165, 1.54) is 15.5 Å². The Morgan fingerprint density at radius 2 is 2.20 bits per heavy atom. The van der Waals surface area contributed by atoms with Crippen molar-refractivity contribution in [1.29, 1.82) is 0 Å². The molecule has 1 aliphatic heterocycles. The highest BCUT2D eigenvalue weighted by molar-refractivity contribution is 7.99. The highest BCUT2D eigenvalue weighted by Gasteiger charge is 2.40. The molecule has 0 spiro atoms. The number of nitrogens with zero attached hydrogens (tertiary/aromatic N) is 1. The summed E-state index contributed by atoms with van der Waals surface area (Å²) in [6, 6.07) is 8.78. The molecule has 1 aliphatic rings. The third-order valence-corrected chi connectivity index (χ3v) is 5.94. The molecule has 4 heteroatoms. The highest BCUT2D eigenvalue weighted by Crippen LogP contribution is 2.45. The number of nitrogens with one attached hydrogen (secondary N) is 1. The summed E-state index contributed by atoms with van der Waals surface area (Å²) >= 11 is 3.75. The van der Waals surface area contributed by atoms with Crippen LogP contribution >= 0.6 is 23.1 Å². The van der Waals surface area contributed by atoms with E-state index in [9.17, 15) is 0 Å². The van der Waals surface area contributed by atoms with E-state index in [-0.39, 0.29) is 5.54 Å². The van der Waals surface area contributed by atoms with Gasteiger partial charge in [0.25, 0.3) is 0 Å². The maximum Gasteiger partial charge on any atom is 0.118 e. The zero-order chi connectivity index (χ0) is 14.0. The summed E-state index contributed by atoms with van der Waals surface area (Å²) in [6.07, 6.45) is 2.25. The van der Waals surface area contributed by atoms with Crippen LogP contribution in [0, 0.1) is 6.92 Å². The number of thioether (sulfide) groups is 1. The lowest BCUT2D eigenvalue weighted by Gasteiger charge is -2.38. The quantitative estimate of drug-likeness (QED) is 0.917. The molecule has 2 nitrogen and oxygen atoms in total.